The second-order valence-electron chi connectivity index (χ2n) is 9.74. The first-order chi connectivity index (χ1) is 17.1. The van der Waals surface area contributed by atoms with Crippen molar-refractivity contribution in [1.29, 1.82) is 0 Å². The van der Waals surface area contributed by atoms with E-state index in [1.54, 1.807) is 21.9 Å². The molecule has 1 saturated heterocycles. The zero-order valence-corrected chi connectivity index (χ0v) is 20.6. The van der Waals surface area contributed by atoms with E-state index >= 15 is 0 Å². The predicted molar refractivity (Wildman–Crippen MR) is 134 cm³/mol. The van der Waals surface area contributed by atoms with Crippen LogP contribution in [-0.2, 0) is 4.79 Å². The highest BCUT2D eigenvalue weighted by Crippen LogP contribution is 2.38. The van der Waals surface area contributed by atoms with Crippen LogP contribution in [0.4, 0.5) is 10.2 Å². The molecule has 2 atom stereocenters. The van der Waals surface area contributed by atoms with E-state index in [2.05, 4.69) is 24.8 Å². The molecule has 0 aromatic carbocycles. The fourth-order valence-corrected chi connectivity index (χ4v) is 4.77. The first-order valence-electron chi connectivity index (χ1n) is 11.8. The summed E-state index contributed by atoms with van der Waals surface area (Å²) >= 11 is 0. The number of fused-ring (bicyclic) bond motifs is 1. The third kappa shape index (κ3) is 4.17. The van der Waals surface area contributed by atoms with Gasteiger partial charge in [0.2, 0.25) is 0 Å². The van der Waals surface area contributed by atoms with E-state index in [9.17, 15) is 14.3 Å². The van der Waals surface area contributed by atoms with Crippen molar-refractivity contribution in [1.82, 2.24) is 29.4 Å². The number of nitrogens with zero attached hydrogens (tertiary/aromatic N) is 7. The molecule has 186 valence electrons. The number of pyridine rings is 2. The monoisotopic (exact) mass is 489 g/mol. The van der Waals surface area contributed by atoms with Crippen LogP contribution in [0.15, 0.2) is 55.4 Å². The average molecular weight is 490 g/mol. The van der Waals surface area contributed by atoms with E-state index in [-0.39, 0.29) is 18.0 Å². The first kappa shape index (κ1) is 23.8. The molecule has 5 heterocycles. The Morgan fingerprint density at radius 2 is 1.81 bits per heavy atom. The van der Waals surface area contributed by atoms with Crippen molar-refractivity contribution < 1.29 is 14.3 Å². The quantitative estimate of drug-likeness (QED) is 0.470. The summed E-state index contributed by atoms with van der Waals surface area (Å²) in [5.74, 6) is 0.440. The van der Waals surface area contributed by atoms with Gasteiger partial charge in [-0.2, -0.15) is 0 Å². The van der Waals surface area contributed by atoms with E-state index < -0.39 is 11.4 Å². The molecule has 0 aliphatic carbocycles. The van der Waals surface area contributed by atoms with Gasteiger partial charge in [-0.3, -0.25) is 14.3 Å². The van der Waals surface area contributed by atoms with Crippen LogP contribution in [0.25, 0.3) is 28.0 Å². The second kappa shape index (κ2) is 8.94. The molecule has 1 fully saturated rings. The Labute approximate surface area is 208 Å². The minimum atomic E-state index is -1.44. The summed E-state index contributed by atoms with van der Waals surface area (Å²) in [6.45, 7) is 7.98. The van der Waals surface area contributed by atoms with E-state index in [0.717, 1.165) is 22.3 Å². The highest BCUT2D eigenvalue weighted by atomic mass is 19.1. The average Bonchev–Trinajstić information content (AvgIpc) is 3.25. The molecule has 0 bridgehead atoms. The Balaban J connectivity index is 1.65. The maximum Gasteiger partial charge on any atom is 0.254 e. The zero-order chi connectivity index (χ0) is 25.6. The fraction of sp³-hybridized carbons (Fsp3) is 0.346. The van der Waals surface area contributed by atoms with Crippen molar-refractivity contribution in [2.75, 3.05) is 18.0 Å². The number of piperazine rings is 1. The summed E-state index contributed by atoms with van der Waals surface area (Å²) in [5.41, 5.74) is 0.934. The van der Waals surface area contributed by atoms with Gasteiger partial charge in [0.1, 0.15) is 29.4 Å². The van der Waals surface area contributed by atoms with Crippen molar-refractivity contribution in [3.05, 3.63) is 61.2 Å². The van der Waals surface area contributed by atoms with Crippen LogP contribution in [0.1, 0.15) is 27.7 Å². The Hall–Kier alpha value is -3.92. The van der Waals surface area contributed by atoms with Gasteiger partial charge in [0, 0.05) is 61.6 Å². The Bertz CT molecular complexity index is 1420. The van der Waals surface area contributed by atoms with Crippen LogP contribution >= 0.6 is 0 Å². The molecule has 0 radical (unpaired) electrons. The summed E-state index contributed by atoms with van der Waals surface area (Å²) in [5, 5.41) is 11.1. The number of hydrogen-bond acceptors (Lipinski definition) is 7. The number of halogens is 1. The molecule has 9 nitrogen and oxygen atoms in total. The molecular weight excluding hydrogens is 461 g/mol. The highest BCUT2D eigenvalue weighted by molar-refractivity contribution is 6.02. The number of hydrogen-bond donors (Lipinski definition) is 1. The van der Waals surface area contributed by atoms with E-state index in [1.165, 1.54) is 38.5 Å². The molecule has 0 spiro atoms. The molecule has 4 aromatic rings. The minimum Gasteiger partial charge on any atom is -0.381 e. The first-order valence-corrected chi connectivity index (χ1v) is 11.8. The molecule has 0 unspecified atom stereocenters. The highest BCUT2D eigenvalue weighted by Gasteiger charge is 2.39. The molecule has 10 heteroatoms. The van der Waals surface area contributed by atoms with Crippen molar-refractivity contribution in [2.24, 2.45) is 0 Å². The normalized spacial score (nSPS) is 18.6. The summed E-state index contributed by atoms with van der Waals surface area (Å²) in [6.07, 6.45) is 8.24. The Kier molecular flexibility index (Phi) is 5.91. The number of aromatic nitrogens is 5. The summed E-state index contributed by atoms with van der Waals surface area (Å²) in [7, 11) is 0. The number of aliphatic hydroxyl groups is 1. The molecule has 1 N–H and O–H groups in total. The van der Waals surface area contributed by atoms with Crippen LogP contribution in [-0.4, -0.2) is 71.2 Å². The van der Waals surface area contributed by atoms with Crippen molar-refractivity contribution in [2.45, 2.75) is 45.4 Å². The van der Waals surface area contributed by atoms with E-state index in [4.69, 9.17) is 0 Å². The number of carbonyl (C=O) groups is 1. The summed E-state index contributed by atoms with van der Waals surface area (Å²) in [4.78, 5) is 34.5. The number of anilines is 1. The van der Waals surface area contributed by atoms with Gasteiger partial charge >= 0.3 is 0 Å². The van der Waals surface area contributed by atoms with Crippen molar-refractivity contribution in [3.63, 3.8) is 0 Å². The van der Waals surface area contributed by atoms with Crippen molar-refractivity contribution >= 4 is 22.8 Å². The minimum absolute atomic E-state index is 0.0773. The topological polar surface area (TPSA) is 100 Å². The summed E-state index contributed by atoms with van der Waals surface area (Å²) in [6, 6.07) is 6.25. The molecule has 1 aliphatic heterocycles. The predicted octanol–water partition coefficient (Wildman–Crippen LogP) is 3.21. The summed E-state index contributed by atoms with van der Waals surface area (Å²) < 4.78 is 15.8. The lowest BCUT2D eigenvalue weighted by atomic mass is 10.0. The fourth-order valence-electron chi connectivity index (χ4n) is 4.77. The number of carbonyl (C=O) groups excluding carboxylic acids is 1. The maximum absolute atomic E-state index is 14.1. The Morgan fingerprint density at radius 3 is 2.50 bits per heavy atom. The molecule has 1 aliphatic rings. The van der Waals surface area contributed by atoms with Gasteiger partial charge in [0.05, 0.1) is 5.39 Å². The lowest BCUT2D eigenvalue weighted by molar-refractivity contribution is -0.151. The van der Waals surface area contributed by atoms with Crippen LogP contribution < -0.4 is 4.90 Å². The van der Waals surface area contributed by atoms with E-state index in [1.807, 2.05) is 32.2 Å². The smallest absolute Gasteiger partial charge is 0.254 e. The number of rotatable bonds is 4. The molecule has 36 heavy (non-hydrogen) atoms. The largest absolute Gasteiger partial charge is 0.381 e. The third-order valence-electron chi connectivity index (χ3n) is 6.55. The van der Waals surface area contributed by atoms with Gasteiger partial charge in [-0.05, 0) is 51.5 Å². The van der Waals surface area contributed by atoms with Crippen LogP contribution in [0.3, 0.4) is 0 Å². The van der Waals surface area contributed by atoms with Gasteiger partial charge in [0.15, 0.2) is 5.65 Å². The molecule has 4 aromatic heterocycles. The molecule has 1 amide bonds. The van der Waals surface area contributed by atoms with Crippen molar-refractivity contribution in [3.8, 4) is 16.9 Å². The van der Waals surface area contributed by atoms with Crippen LogP contribution in [0.2, 0.25) is 0 Å². The molecule has 0 saturated carbocycles. The maximum atomic E-state index is 14.1. The van der Waals surface area contributed by atoms with Gasteiger partial charge in [-0.15, -0.1) is 0 Å². The second-order valence-corrected chi connectivity index (χ2v) is 9.74. The van der Waals surface area contributed by atoms with Gasteiger partial charge in [-0.25, -0.2) is 19.3 Å². The SMILES string of the molecule is C[C@@H]1CN(c2ncnc3c2c(-c2ccncc2)cn3-c2cc(F)ccn2)[C@@H](C)CN1C(=O)C(C)(C)O. The van der Waals surface area contributed by atoms with E-state index in [0.29, 0.717) is 24.6 Å². The molecule has 5 rings (SSSR count). The van der Waals surface area contributed by atoms with Crippen LogP contribution in [0.5, 0.6) is 0 Å². The standard InChI is InChI=1S/C26H28FN7O2/c1-16-13-33(25(35)26(3,4)36)17(2)12-32(16)23-22-20(18-5-8-28-9-6-18)14-34(24(22)31-15-30-23)21-11-19(27)7-10-29-21/h5-11,14-17,36H,12-13H2,1-4H3/t16-,17+/m0/s1. The lowest BCUT2D eigenvalue weighted by Gasteiger charge is -2.46. The van der Waals surface area contributed by atoms with Gasteiger partial charge in [-0.1, -0.05) is 0 Å². The number of amides is 1. The van der Waals surface area contributed by atoms with Crippen LogP contribution in [0, 0.1) is 5.82 Å². The Morgan fingerprint density at radius 1 is 1.06 bits per heavy atom. The lowest BCUT2D eigenvalue weighted by Crippen LogP contribution is -2.61. The van der Waals surface area contributed by atoms with Gasteiger partial charge < -0.3 is 14.9 Å². The van der Waals surface area contributed by atoms with Gasteiger partial charge in [0.25, 0.3) is 5.91 Å². The third-order valence-corrected chi connectivity index (χ3v) is 6.55. The molecular formula is C26H28FN7O2. The zero-order valence-electron chi connectivity index (χ0n) is 20.6.